The van der Waals surface area contributed by atoms with E-state index in [4.69, 9.17) is 37.7 Å². The number of hydrogen-bond donors (Lipinski definition) is 0. The van der Waals surface area contributed by atoms with Crippen LogP contribution in [0.3, 0.4) is 0 Å². The molecule has 0 spiro atoms. The van der Waals surface area contributed by atoms with Gasteiger partial charge in [-0.15, -0.1) is 0 Å². The van der Waals surface area contributed by atoms with E-state index in [-0.39, 0.29) is 18.8 Å². The largest absolute Gasteiger partial charge is 0.461 e. The topological polar surface area (TPSA) is 60.2 Å². The summed E-state index contributed by atoms with van der Waals surface area (Å²) in [5.74, 6) is 0.0440. The minimum Gasteiger partial charge on any atom is -0.461 e. The third kappa shape index (κ3) is 3.84. The molecular weight excluding hydrogens is 411 g/mol. The standard InChI is InChI=1S/C22H16Cl2N2O3/c1-2-28-22(27)19-9-13-11-25-20(16-5-3-4-6-18(16)24)17-10-14(23)7-8-15(17)21(13)29-12-26-19/h3-10,12H,2,11H2,1H3. The van der Waals surface area contributed by atoms with Crippen LogP contribution in [0.2, 0.25) is 10.0 Å². The average Bonchev–Trinajstić information content (AvgIpc) is 3.00. The first-order valence-corrected chi connectivity index (χ1v) is 9.75. The summed E-state index contributed by atoms with van der Waals surface area (Å²) in [4.78, 5) is 21.0. The third-order valence-electron chi connectivity index (χ3n) is 4.47. The maximum Gasteiger partial charge on any atom is 0.357 e. The lowest BCUT2D eigenvalue weighted by Gasteiger charge is -2.13. The summed E-state index contributed by atoms with van der Waals surface area (Å²) in [6, 6.07) is 13.0. The van der Waals surface area contributed by atoms with E-state index in [1.165, 1.54) is 6.40 Å². The molecule has 5 nitrogen and oxygen atoms in total. The van der Waals surface area contributed by atoms with Gasteiger partial charge in [-0.3, -0.25) is 4.99 Å². The molecule has 7 heteroatoms. The van der Waals surface area contributed by atoms with Crippen LogP contribution in [0.1, 0.15) is 23.6 Å². The summed E-state index contributed by atoms with van der Waals surface area (Å²) in [6.45, 7) is 2.27. The highest BCUT2D eigenvalue weighted by Gasteiger charge is 2.25. The normalized spacial score (nSPS) is 15.3. The van der Waals surface area contributed by atoms with E-state index < -0.39 is 5.97 Å². The quantitative estimate of drug-likeness (QED) is 0.644. The fraction of sp³-hybridized carbons (Fsp3) is 0.136. The maximum absolute atomic E-state index is 12.2. The highest BCUT2D eigenvalue weighted by molar-refractivity contribution is 6.36. The van der Waals surface area contributed by atoms with Gasteiger partial charge < -0.3 is 9.47 Å². The molecule has 2 aliphatic rings. The van der Waals surface area contributed by atoms with E-state index in [0.717, 1.165) is 16.7 Å². The fourth-order valence-electron chi connectivity index (χ4n) is 3.19. The van der Waals surface area contributed by atoms with Crippen LogP contribution in [-0.4, -0.2) is 31.2 Å². The van der Waals surface area contributed by atoms with E-state index in [1.54, 1.807) is 19.1 Å². The van der Waals surface area contributed by atoms with Gasteiger partial charge in [-0.05, 0) is 37.3 Å². The molecule has 0 fully saturated rings. The zero-order chi connectivity index (χ0) is 20.4. The number of benzene rings is 2. The fourth-order valence-corrected chi connectivity index (χ4v) is 3.59. The molecule has 0 atom stereocenters. The number of halogens is 2. The Morgan fingerprint density at radius 3 is 2.76 bits per heavy atom. The molecule has 29 heavy (non-hydrogen) atoms. The van der Waals surface area contributed by atoms with Crippen LogP contribution in [0, 0.1) is 0 Å². The van der Waals surface area contributed by atoms with Crippen LogP contribution in [0.4, 0.5) is 0 Å². The minimum atomic E-state index is -0.517. The maximum atomic E-state index is 12.2. The molecule has 0 N–H and O–H groups in total. The lowest BCUT2D eigenvalue weighted by Crippen LogP contribution is -2.08. The molecule has 0 saturated heterocycles. The van der Waals surface area contributed by atoms with Crippen LogP contribution in [-0.2, 0) is 14.3 Å². The number of hydrogen-bond acceptors (Lipinski definition) is 5. The second-order valence-corrected chi connectivity index (χ2v) is 7.13. The van der Waals surface area contributed by atoms with Crippen molar-refractivity contribution in [2.75, 3.05) is 13.2 Å². The zero-order valence-corrected chi connectivity index (χ0v) is 17.0. The SMILES string of the molecule is CCOC(=O)C1=CC2=C(OC=N1)c1ccc(Cl)cc1C(c1ccccc1Cl)=NC2. The number of carbonyl (C=O) groups excluding carboxylic acids is 1. The van der Waals surface area contributed by atoms with Crippen molar-refractivity contribution >= 4 is 47.0 Å². The van der Waals surface area contributed by atoms with E-state index in [0.29, 0.717) is 27.1 Å². The van der Waals surface area contributed by atoms with Crippen molar-refractivity contribution < 1.29 is 14.3 Å². The summed E-state index contributed by atoms with van der Waals surface area (Å²) < 4.78 is 10.9. The van der Waals surface area contributed by atoms with Gasteiger partial charge in [0.2, 0.25) is 0 Å². The molecule has 2 aliphatic heterocycles. The Kier molecular flexibility index (Phi) is 5.51. The van der Waals surface area contributed by atoms with E-state index in [9.17, 15) is 4.79 Å². The van der Waals surface area contributed by atoms with Crippen molar-refractivity contribution in [2.24, 2.45) is 9.98 Å². The smallest absolute Gasteiger partial charge is 0.357 e. The summed E-state index contributed by atoms with van der Waals surface area (Å²) >= 11 is 12.7. The monoisotopic (exact) mass is 426 g/mol. The molecule has 0 aliphatic carbocycles. The van der Waals surface area contributed by atoms with Gasteiger partial charge in [-0.1, -0.05) is 41.4 Å². The molecule has 0 radical (unpaired) electrons. The second kappa shape index (κ2) is 8.23. The molecular formula is C22H16Cl2N2O3. The van der Waals surface area contributed by atoms with Crippen LogP contribution < -0.4 is 0 Å². The van der Waals surface area contributed by atoms with Gasteiger partial charge in [-0.25, -0.2) is 9.79 Å². The predicted octanol–water partition coefficient (Wildman–Crippen LogP) is 5.06. The van der Waals surface area contributed by atoms with Gasteiger partial charge in [0, 0.05) is 32.3 Å². The van der Waals surface area contributed by atoms with Crippen molar-refractivity contribution in [3.05, 3.63) is 86.5 Å². The highest BCUT2D eigenvalue weighted by atomic mass is 35.5. The number of aliphatic imine (C=N–C) groups is 2. The first-order chi connectivity index (χ1) is 14.1. The Morgan fingerprint density at radius 2 is 1.97 bits per heavy atom. The van der Waals surface area contributed by atoms with Crippen LogP contribution in [0.5, 0.6) is 0 Å². The van der Waals surface area contributed by atoms with Gasteiger partial charge in [0.05, 0.1) is 18.9 Å². The Morgan fingerprint density at radius 1 is 1.14 bits per heavy atom. The van der Waals surface area contributed by atoms with Gasteiger partial charge in [0.1, 0.15) is 5.76 Å². The number of rotatable bonds is 3. The van der Waals surface area contributed by atoms with Gasteiger partial charge in [-0.2, -0.15) is 0 Å². The molecule has 0 saturated carbocycles. The van der Waals surface area contributed by atoms with Gasteiger partial charge >= 0.3 is 5.97 Å². The summed E-state index contributed by atoms with van der Waals surface area (Å²) in [5, 5.41) is 1.15. The number of ether oxygens (including phenoxy) is 2. The Labute approximate surface area is 178 Å². The molecule has 4 rings (SSSR count). The van der Waals surface area contributed by atoms with E-state index in [2.05, 4.69) is 4.99 Å². The average molecular weight is 427 g/mol. The predicted molar refractivity (Wildman–Crippen MR) is 115 cm³/mol. The Hall–Kier alpha value is -2.89. The summed E-state index contributed by atoms with van der Waals surface area (Å²) in [5.41, 5.74) is 3.93. The molecule has 2 aromatic rings. The van der Waals surface area contributed by atoms with Crippen molar-refractivity contribution in [1.29, 1.82) is 0 Å². The highest BCUT2D eigenvalue weighted by Crippen LogP contribution is 2.34. The molecule has 0 unspecified atom stereocenters. The summed E-state index contributed by atoms with van der Waals surface area (Å²) in [6.07, 6.45) is 2.89. The Bertz CT molecular complexity index is 1120. The first-order valence-electron chi connectivity index (χ1n) is 8.99. The molecule has 0 bridgehead atoms. The number of nitrogens with zero attached hydrogens (tertiary/aromatic N) is 2. The Balaban J connectivity index is 1.90. The van der Waals surface area contributed by atoms with Gasteiger partial charge in [0.15, 0.2) is 12.1 Å². The third-order valence-corrected chi connectivity index (χ3v) is 5.03. The lowest BCUT2D eigenvalue weighted by atomic mass is 9.96. The zero-order valence-electron chi connectivity index (χ0n) is 15.5. The van der Waals surface area contributed by atoms with Crippen LogP contribution in [0.25, 0.3) is 5.76 Å². The van der Waals surface area contributed by atoms with E-state index >= 15 is 0 Å². The van der Waals surface area contributed by atoms with Crippen LogP contribution >= 0.6 is 23.2 Å². The minimum absolute atomic E-state index is 0.156. The lowest BCUT2D eigenvalue weighted by molar-refractivity contribution is -0.138. The molecule has 2 heterocycles. The van der Waals surface area contributed by atoms with Crippen molar-refractivity contribution in [3.8, 4) is 0 Å². The number of carbonyl (C=O) groups is 1. The summed E-state index contributed by atoms with van der Waals surface area (Å²) in [7, 11) is 0. The molecule has 2 aromatic carbocycles. The van der Waals surface area contributed by atoms with Crippen molar-refractivity contribution in [3.63, 3.8) is 0 Å². The second-order valence-electron chi connectivity index (χ2n) is 6.29. The van der Waals surface area contributed by atoms with E-state index in [1.807, 2.05) is 36.4 Å². The van der Waals surface area contributed by atoms with Crippen LogP contribution in [0.15, 0.2) is 69.8 Å². The molecule has 146 valence electrons. The number of esters is 1. The molecule has 0 aromatic heterocycles. The van der Waals surface area contributed by atoms with Gasteiger partial charge in [0.25, 0.3) is 0 Å². The molecule has 0 amide bonds. The van der Waals surface area contributed by atoms with Crippen molar-refractivity contribution in [2.45, 2.75) is 6.92 Å². The van der Waals surface area contributed by atoms with Crippen molar-refractivity contribution in [1.82, 2.24) is 0 Å². The number of fused-ring (bicyclic) bond motifs is 2. The first kappa shape index (κ1) is 19.4.